The lowest BCUT2D eigenvalue weighted by molar-refractivity contribution is -0.169. The van der Waals surface area contributed by atoms with Gasteiger partial charge in [-0.25, -0.2) is 9.97 Å². The lowest BCUT2D eigenvalue weighted by Crippen LogP contribution is -2.67. The lowest BCUT2D eigenvalue weighted by atomic mass is 9.51. The first kappa shape index (κ1) is 13.7. The molecule has 2 fully saturated rings. The summed E-state index contributed by atoms with van der Waals surface area (Å²) in [6.45, 7) is 2.77. The zero-order valence-corrected chi connectivity index (χ0v) is 12.7. The summed E-state index contributed by atoms with van der Waals surface area (Å²) in [6, 6.07) is 2.03. The van der Waals surface area contributed by atoms with Crippen molar-refractivity contribution >= 4 is 11.7 Å². The molecular weight excluding hydrogens is 280 g/mol. The number of rotatable bonds is 4. The summed E-state index contributed by atoms with van der Waals surface area (Å²) >= 11 is 0. The van der Waals surface area contributed by atoms with Crippen molar-refractivity contribution in [3.8, 4) is 0 Å². The Labute approximate surface area is 128 Å². The van der Waals surface area contributed by atoms with Crippen molar-refractivity contribution in [3.05, 3.63) is 30.4 Å². The van der Waals surface area contributed by atoms with Crippen LogP contribution in [0.3, 0.4) is 0 Å². The number of ether oxygens (including phenoxy) is 1. The summed E-state index contributed by atoms with van der Waals surface area (Å²) in [5.41, 5.74) is 0.594. The van der Waals surface area contributed by atoms with E-state index in [1.54, 1.807) is 16.8 Å². The van der Waals surface area contributed by atoms with Gasteiger partial charge in [-0.05, 0) is 32.3 Å². The summed E-state index contributed by atoms with van der Waals surface area (Å²) in [6.07, 6.45) is 9.98. The average Bonchev–Trinajstić information content (AvgIpc) is 2.88. The van der Waals surface area contributed by atoms with Crippen LogP contribution in [0.15, 0.2) is 24.7 Å². The molecule has 0 aliphatic heterocycles. The average molecular weight is 300 g/mol. The van der Waals surface area contributed by atoms with E-state index in [4.69, 9.17) is 4.74 Å². The largest absolute Gasteiger partial charge is 0.378 e. The number of nitrogens with one attached hydrogen (secondary N) is 1. The molecule has 2 aromatic rings. The van der Waals surface area contributed by atoms with Crippen molar-refractivity contribution in [2.75, 3.05) is 6.61 Å². The molecule has 0 bridgehead atoms. The summed E-state index contributed by atoms with van der Waals surface area (Å²) in [5, 5.41) is 3.15. The normalized spacial score (nSPS) is 25.7. The Morgan fingerprint density at radius 2 is 2.41 bits per heavy atom. The van der Waals surface area contributed by atoms with Gasteiger partial charge in [0.2, 0.25) is 5.78 Å². The third kappa shape index (κ3) is 1.94. The molecule has 6 heteroatoms. The predicted octanol–water partition coefficient (Wildman–Crippen LogP) is 1.81. The highest BCUT2D eigenvalue weighted by Crippen LogP contribution is 2.57. The van der Waals surface area contributed by atoms with Gasteiger partial charge in [-0.2, -0.15) is 0 Å². The Kier molecular flexibility index (Phi) is 3.14. The first-order chi connectivity index (χ1) is 10.7. The Bertz CT molecular complexity index is 674. The fraction of sp³-hybridized carbons (Fsp3) is 0.562. The highest BCUT2D eigenvalue weighted by atomic mass is 16.5. The number of hydrogen-bond acceptors (Lipinski definition) is 4. The minimum Gasteiger partial charge on any atom is -0.378 e. The summed E-state index contributed by atoms with van der Waals surface area (Å²) in [7, 11) is 0. The van der Waals surface area contributed by atoms with E-state index in [1.807, 2.05) is 19.2 Å². The van der Waals surface area contributed by atoms with Crippen molar-refractivity contribution in [3.63, 3.8) is 0 Å². The quantitative estimate of drug-likeness (QED) is 0.935. The highest BCUT2D eigenvalue weighted by Gasteiger charge is 2.59. The molecule has 2 aliphatic rings. The fourth-order valence-electron chi connectivity index (χ4n) is 3.81. The summed E-state index contributed by atoms with van der Waals surface area (Å²) < 4.78 is 7.58. The van der Waals surface area contributed by atoms with Crippen LogP contribution in [0, 0.1) is 5.41 Å². The molecule has 0 radical (unpaired) electrons. The van der Waals surface area contributed by atoms with Gasteiger partial charge in [0, 0.05) is 36.7 Å². The smallest absolute Gasteiger partial charge is 0.271 e. The van der Waals surface area contributed by atoms with Gasteiger partial charge in [-0.3, -0.25) is 9.20 Å². The maximum absolute atomic E-state index is 12.5. The van der Waals surface area contributed by atoms with E-state index in [9.17, 15) is 4.79 Å². The lowest BCUT2D eigenvalue weighted by Gasteiger charge is -2.60. The molecule has 0 saturated heterocycles. The number of amides is 1. The number of fused-ring (bicyclic) bond motifs is 1. The van der Waals surface area contributed by atoms with E-state index >= 15 is 0 Å². The van der Waals surface area contributed by atoms with Crippen molar-refractivity contribution in [1.82, 2.24) is 19.7 Å². The molecule has 1 spiro atoms. The molecule has 6 nitrogen and oxygen atoms in total. The second-order valence-electron chi connectivity index (χ2n) is 6.25. The molecule has 4 rings (SSSR count). The van der Waals surface area contributed by atoms with Gasteiger partial charge in [0.1, 0.15) is 5.69 Å². The molecule has 0 unspecified atom stereocenters. The third-order valence-electron chi connectivity index (χ3n) is 5.21. The van der Waals surface area contributed by atoms with Crippen LogP contribution in [-0.4, -0.2) is 39.0 Å². The van der Waals surface area contributed by atoms with E-state index in [2.05, 4.69) is 15.3 Å². The zero-order valence-electron chi connectivity index (χ0n) is 12.7. The van der Waals surface area contributed by atoms with Crippen LogP contribution < -0.4 is 5.32 Å². The number of hydrogen-bond donors (Lipinski definition) is 1. The van der Waals surface area contributed by atoms with Crippen molar-refractivity contribution in [2.24, 2.45) is 5.41 Å². The number of nitrogens with zero attached hydrogens (tertiary/aromatic N) is 3. The first-order valence-electron chi connectivity index (χ1n) is 7.95. The van der Waals surface area contributed by atoms with Gasteiger partial charge in [-0.15, -0.1) is 0 Å². The maximum atomic E-state index is 12.5. The van der Waals surface area contributed by atoms with Crippen LogP contribution in [0.25, 0.3) is 5.78 Å². The topological polar surface area (TPSA) is 68.5 Å². The SMILES string of the molecule is CCO[C@H]1C[C@@H](NC(=O)c2cn3cccnc3n2)C12CCC2. The maximum Gasteiger partial charge on any atom is 0.271 e. The van der Waals surface area contributed by atoms with Gasteiger partial charge in [0.05, 0.1) is 6.10 Å². The van der Waals surface area contributed by atoms with E-state index in [-0.39, 0.29) is 17.4 Å². The van der Waals surface area contributed by atoms with Gasteiger partial charge in [-0.1, -0.05) is 6.42 Å². The van der Waals surface area contributed by atoms with Crippen LogP contribution >= 0.6 is 0 Å². The number of carbonyl (C=O) groups excluding carboxylic acids is 1. The molecule has 116 valence electrons. The van der Waals surface area contributed by atoms with Gasteiger partial charge < -0.3 is 10.1 Å². The zero-order chi connectivity index (χ0) is 15.2. The molecule has 2 aromatic heterocycles. The number of aromatic nitrogens is 3. The molecule has 22 heavy (non-hydrogen) atoms. The Morgan fingerprint density at radius 3 is 3.09 bits per heavy atom. The first-order valence-corrected chi connectivity index (χ1v) is 7.95. The van der Waals surface area contributed by atoms with Crippen molar-refractivity contribution in [1.29, 1.82) is 0 Å². The summed E-state index contributed by atoms with van der Waals surface area (Å²) in [5.74, 6) is 0.434. The Morgan fingerprint density at radius 1 is 1.55 bits per heavy atom. The molecule has 0 aromatic carbocycles. The molecule has 2 atom stereocenters. The third-order valence-corrected chi connectivity index (χ3v) is 5.21. The Balaban J connectivity index is 1.48. The van der Waals surface area contributed by atoms with E-state index in [0.717, 1.165) is 25.9 Å². The van der Waals surface area contributed by atoms with Crippen LogP contribution in [0.2, 0.25) is 0 Å². The molecule has 2 aliphatic carbocycles. The Hall–Kier alpha value is -1.95. The predicted molar refractivity (Wildman–Crippen MR) is 80.6 cm³/mol. The van der Waals surface area contributed by atoms with Crippen LogP contribution in [0.4, 0.5) is 0 Å². The second-order valence-corrected chi connectivity index (χ2v) is 6.25. The van der Waals surface area contributed by atoms with Gasteiger partial charge in [0.15, 0.2) is 0 Å². The second kappa shape index (κ2) is 5.05. The standard InChI is InChI=1S/C16H20N4O2/c1-2-22-13-9-12(16(13)5-3-6-16)19-14(21)11-10-20-8-4-7-17-15(20)18-11/h4,7-8,10,12-13H,2-3,5-6,9H2,1H3,(H,19,21)/t12-,13+/m1/s1. The highest BCUT2D eigenvalue weighted by molar-refractivity contribution is 5.93. The number of imidazole rings is 1. The van der Waals surface area contributed by atoms with E-state index in [1.165, 1.54) is 6.42 Å². The summed E-state index contributed by atoms with van der Waals surface area (Å²) in [4.78, 5) is 20.9. The molecule has 1 amide bonds. The van der Waals surface area contributed by atoms with E-state index < -0.39 is 0 Å². The molecule has 1 N–H and O–H groups in total. The monoisotopic (exact) mass is 300 g/mol. The molecule has 2 saturated carbocycles. The number of carbonyl (C=O) groups is 1. The molecule has 2 heterocycles. The van der Waals surface area contributed by atoms with Crippen LogP contribution in [0.5, 0.6) is 0 Å². The van der Waals surface area contributed by atoms with E-state index in [0.29, 0.717) is 17.6 Å². The van der Waals surface area contributed by atoms with Crippen LogP contribution in [0.1, 0.15) is 43.1 Å². The fourth-order valence-corrected chi connectivity index (χ4v) is 3.81. The van der Waals surface area contributed by atoms with Crippen molar-refractivity contribution in [2.45, 2.75) is 44.8 Å². The molecular formula is C16H20N4O2. The van der Waals surface area contributed by atoms with Gasteiger partial charge in [0.25, 0.3) is 5.91 Å². The van der Waals surface area contributed by atoms with Crippen LogP contribution in [-0.2, 0) is 4.74 Å². The minimum absolute atomic E-state index is 0.114. The van der Waals surface area contributed by atoms with Gasteiger partial charge >= 0.3 is 0 Å². The minimum atomic E-state index is -0.114. The van der Waals surface area contributed by atoms with Crippen molar-refractivity contribution < 1.29 is 9.53 Å².